The summed E-state index contributed by atoms with van der Waals surface area (Å²) in [6, 6.07) is 17.4. The zero-order chi connectivity index (χ0) is 16.5. The summed E-state index contributed by atoms with van der Waals surface area (Å²) in [5.74, 6) is 0.972. The molecule has 0 spiro atoms. The van der Waals surface area contributed by atoms with Gasteiger partial charge in [-0.25, -0.2) is 4.79 Å². The Morgan fingerprint density at radius 3 is 2.43 bits per heavy atom. The molecule has 4 nitrogen and oxygen atoms in total. The molecule has 0 aliphatic rings. The van der Waals surface area contributed by atoms with Crippen LogP contribution >= 0.6 is 0 Å². The highest BCUT2D eigenvalue weighted by molar-refractivity contribution is 7.84. The molecule has 1 atom stereocenters. The normalized spacial score (nSPS) is 11.7. The van der Waals surface area contributed by atoms with Gasteiger partial charge < -0.3 is 10.6 Å². The third-order valence-electron chi connectivity index (χ3n) is 3.49. The van der Waals surface area contributed by atoms with E-state index >= 15 is 0 Å². The largest absolute Gasteiger partial charge is 0.337 e. The highest BCUT2D eigenvalue weighted by Gasteiger charge is 2.04. The molecule has 0 bridgehead atoms. The Morgan fingerprint density at radius 2 is 1.70 bits per heavy atom. The van der Waals surface area contributed by atoms with E-state index in [2.05, 4.69) is 10.6 Å². The van der Waals surface area contributed by atoms with Crippen LogP contribution in [0.2, 0.25) is 0 Å². The van der Waals surface area contributed by atoms with Crippen LogP contribution in [0.3, 0.4) is 0 Å². The second-order valence-corrected chi connectivity index (χ2v) is 6.89. The molecule has 0 saturated heterocycles. The number of amides is 2. The standard InChI is InChI=1S/C18H22N2O2S/c1-15-7-5-6-10-17(15)13-20-18(21)19-11-12-23(22)14-16-8-3-2-4-9-16/h2-10H,11-14H2,1H3,(H2,19,20,21)/t23-/m0/s1. The van der Waals surface area contributed by atoms with Gasteiger partial charge in [0.1, 0.15) is 0 Å². The van der Waals surface area contributed by atoms with Crippen LogP contribution < -0.4 is 10.6 Å². The smallest absolute Gasteiger partial charge is 0.315 e. The van der Waals surface area contributed by atoms with Gasteiger partial charge >= 0.3 is 6.03 Å². The number of carbonyl (C=O) groups is 1. The summed E-state index contributed by atoms with van der Waals surface area (Å²) in [4.78, 5) is 11.7. The number of rotatable bonds is 7. The quantitative estimate of drug-likeness (QED) is 0.820. The first kappa shape index (κ1) is 17.2. The Balaban J connectivity index is 1.65. The van der Waals surface area contributed by atoms with Crippen LogP contribution in [0.5, 0.6) is 0 Å². The highest BCUT2D eigenvalue weighted by atomic mass is 32.2. The molecule has 0 aromatic heterocycles. The van der Waals surface area contributed by atoms with Crippen molar-refractivity contribution in [2.24, 2.45) is 0 Å². The molecule has 0 unspecified atom stereocenters. The van der Waals surface area contributed by atoms with Crippen molar-refractivity contribution in [2.75, 3.05) is 12.3 Å². The van der Waals surface area contributed by atoms with E-state index < -0.39 is 10.8 Å². The number of hydrogen-bond donors (Lipinski definition) is 2. The molecule has 23 heavy (non-hydrogen) atoms. The van der Waals surface area contributed by atoms with E-state index in [0.717, 1.165) is 16.7 Å². The van der Waals surface area contributed by atoms with E-state index in [0.29, 0.717) is 24.6 Å². The maximum Gasteiger partial charge on any atom is 0.315 e. The molecule has 0 fully saturated rings. The monoisotopic (exact) mass is 330 g/mol. The third-order valence-corrected chi connectivity index (χ3v) is 4.80. The van der Waals surface area contributed by atoms with E-state index in [9.17, 15) is 9.00 Å². The molecule has 0 aliphatic heterocycles. The fourth-order valence-electron chi connectivity index (χ4n) is 2.16. The highest BCUT2D eigenvalue weighted by Crippen LogP contribution is 2.06. The van der Waals surface area contributed by atoms with Crippen LogP contribution in [0.15, 0.2) is 54.6 Å². The minimum atomic E-state index is -0.973. The molecule has 2 N–H and O–H groups in total. The lowest BCUT2D eigenvalue weighted by Crippen LogP contribution is -2.37. The minimum absolute atomic E-state index is 0.232. The number of aryl methyl sites for hydroxylation is 1. The lowest BCUT2D eigenvalue weighted by molar-refractivity contribution is 0.241. The van der Waals surface area contributed by atoms with Crippen molar-refractivity contribution in [3.63, 3.8) is 0 Å². The third kappa shape index (κ3) is 6.24. The average Bonchev–Trinajstić information content (AvgIpc) is 2.55. The second-order valence-electron chi connectivity index (χ2n) is 5.31. The van der Waals surface area contributed by atoms with Crippen LogP contribution in [0.1, 0.15) is 16.7 Å². The second kappa shape index (κ2) is 9.10. The number of urea groups is 1. The van der Waals surface area contributed by atoms with Gasteiger partial charge in [0.25, 0.3) is 0 Å². The molecular formula is C18H22N2O2S. The zero-order valence-electron chi connectivity index (χ0n) is 13.2. The lowest BCUT2D eigenvalue weighted by Gasteiger charge is -2.09. The SMILES string of the molecule is Cc1ccccc1CNC(=O)NCC[S@](=O)Cc1ccccc1. The minimum Gasteiger partial charge on any atom is -0.337 e. The Bertz CT molecular complexity index is 659. The van der Waals surface area contributed by atoms with Gasteiger partial charge in [-0.2, -0.15) is 0 Å². The molecule has 2 amide bonds. The predicted octanol–water partition coefficient (Wildman–Crippen LogP) is 2.74. The van der Waals surface area contributed by atoms with Gasteiger partial charge in [-0.1, -0.05) is 54.6 Å². The summed E-state index contributed by atoms with van der Waals surface area (Å²) in [5.41, 5.74) is 3.29. The Hall–Kier alpha value is -2.14. The van der Waals surface area contributed by atoms with Crippen LogP contribution in [0, 0.1) is 6.92 Å². The van der Waals surface area contributed by atoms with Gasteiger partial charge in [-0.3, -0.25) is 4.21 Å². The van der Waals surface area contributed by atoms with Gasteiger partial charge in [0.05, 0.1) is 0 Å². The van der Waals surface area contributed by atoms with Gasteiger partial charge in [0.2, 0.25) is 0 Å². The molecule has 2 aromatic rings. The van der Waals surface area contributed by atoms with E-state index in [1.54, 1.807) is 0 Å². The van der Waals surface area contributed by atoms with Gasteiger partial charge in [-0.05, 0) is 23.6 Å². The summed E-state index contributed by atoms with van der Waals surface area (Å²) in [6.07, 6.45) is 0. The number of hydrogen-bond acceptors (Lipinski definition) is 2. The average molecular weight is 330 g/mol. The molecular weight excluding hydrogens is 308 g/mol. The first-order valence-corrected chi connectivity index (χ1v) is 9.09. The van der Waals surface area contributed by atoms with E-state index in [-0.39, 0.29) is 6.03 Å². The van der Waals surface area contributed by atoms with Crippen LogP contribution in [-0.4, -0.2) is 22.5 Å². The van der Waals surface area contributed by atoms with E-state index in [4.69, 9.17) is 0 Å². The van der Waals surface area contributed by atoms with Crippen molar-refractivity contribution < 1.29 is 9.00 Å². The topological polar surface area (TPSA) is 58.2 Å². The Labute approximate surface area is 139 Å². The summed E-state index contributed by atoms with van der Waals surface area (Å²) < 4.78 is 12.0. The van der Waals surface area contributed by atoms with Crippen molar-refractivity contribution in [1.82, 2.24) is 10.6 Å². The summed E-state index contributed by atoms with van der Waals surface area (Å²) in [5, 5.41) is 5.56. The van der Waals surface area contributed by atoms with E-state index in [1.807, 2.05) is 61.5 Å². The van der Waals surface area contributed by atoms with Crippen LogP contribution in [0.25, 0.3) is 0 Å². The van der Waals surface area contributed by atoms with Gasteiger partial charge in [0.15, 0.2) is 0 Å². The molecule has 122 valence electrons. The van der Waals surface area contributed by atoms with Crippen LogP contribution in [0.4, 0.5) is 4.79 Å². The zero-order valence-corrected chi connectivity index (χ0v) is 14.1. The van der Waals surface area contributed by atoms with Gasteiger partial charge in [0, 0.05) is 35.4 Å². The Morgan fingerprint density at radius 1 is 1.00 bits per heavy atom. The fourth-order valence-corrected chi connectivity index (χ4v) is 3.20. The molecule has 2 aromatic carbocycles. The van der Waals surface area contributed by atoms with Crippen molar-refractivity contribution in [2.45, 2.75) is 19.2 Å². The van der Waals surface area contributed by atoms with Gasteiger partial charge in [-0.15, -0.1) is 0 Å². The van der Waals surface area contributed by atoms with Crippen LogP contribution in [-0.2, 0) is 23.1 Å². The molecule has 0 radical (unpaired) electrons. The summed E-state index contributed by atoms with van der Waals surface area (Å²) in [6.45, 7) is 2.91. The lowest BCUT2D eigenvalue weighted by atomic mass is 10.1. The molecule has 0 saturated carbocycles. The molecule has 5 heteroatoms. The van der Waals surface area contributed by atoms with Crippen molar-refractivity contribution >= 4 is 16.8 Å². The number of benzene rings is 2. The first-order chi connectivity index (χ1) is 11.1. The van der Waals surface area contributed by atoms with Crippen molar-refractivity contribution in [3.05, 3.63) is 71.3 Å². The maximum absolute atomic E-state index is 12.0. The number of carbonyl (C=O) groups excluding carboxylic acids is 1. The fraction of sp³-hybridized carbons (Fsp3) is 0.278. The van der Waals surface area contributed by atoms with Crippen molar-refractivity contribution in [3.8, 4) is 0 Å². The summed E-state index contributed by atoms with van der Waals surface area (Å²) in [7, 11) is -0.973. The van der Waals surface area contributed by atoms with E-state index in [1.165, 1.54) is 0 Å². The first-order valence-electron chi connectivity index (χ1n) is 7.60. The van der Waals surface area contributed by atoms with Crippen molar-refractivity contribution in [1.29, 1.82) is 0 Å². The molecule has 2 rings (SSSR count). The maximum atomic E-state index is 12.0. The summed E-state index contributed by atoms with van der Waals surface area (Å²) >= 11 is 0. The molecule has 0 heterocycles. The number of nitrogens with one attached hydrogen (secondary N) is 2. The molecule has 0 aliphatic carbocycles. The Kier molecular flexibility index (Phi) is 6.81. The predicted molar refractivity (Wildman–Crippen MR) is 94.6 cm³/mol.